The SMILES string of the molecule is Cc1c(C2=NC(=O)C(C)(C)N2C)nn(-c2ccc(Cl)cc2Cl)c1-c1ccc(Br)s1. The second kappa shape index (κ2) is 7.23. The average molecular weight is 512 g/mol. The molecule has 0 N–H and O–H groups in total. The highest BCUT2D eigenvalue weighted by molar-refractivity contribution is 9.11. The van der Waals surface area contributed by atoms with Crippen LogP contribution in [0.5, 0.6) is 0 Å². The number of thiophene rings is 1. The molecule has 0 bridgehead atoms. The number of carbonyl (C=O) groups is 1. The number of amidine groups is 1. The summed E-state index contributed by atoms with van der Waals surface area (Å²) < 4.78 is 2.81. The summed E-state index contributed by atoms with van der Waals surface area (Å²) >= 11 is 17.7. The third-order valence-corrected chi connectivity index (χ3v) is 7.33. The summed E-state index contributed by atoms with van der Waals surface area (Å²) in [5.74, 6) is 0.368. The first-order chi connectivity index (χ1) is 13.6. The van der Waals surface area contributed by atoms with E-state index in [-0.39, 0.29) is 5.91 Å². The molecule has 0 fully saturated rings. The molecule has 0 radical (unpaired) electrons. The van der Waals surface area contributed by atoms with E-state index in [0.29, 0.717) is 27.3 Å². The largest absolute Gasteiger partial charge is 0.343 e. The van der Waals surface area contributed by atoms with Crippen molar-refractivity contribution >= 4 is 62.2 Å². The monoisotopic (exact) mass is 510 g/mol. The Kier molecular flexibility index (Phi) is 5.14. The minimum absolute atomic E-state index is 0.186. The van der Waals surface area contributed by atoms with Gasteiger partial charge in [-0.1, -0.05) is 23.2 Å². The number of hydrogen-bond acceptors (Lipinski definition) is 4. The number of likely N-dealkylation sites (N-methyl/N-ethyl adjacent to an activating group) is 1. The molecule has 1 aromatic carbocycles. The number of aromatic nitrogens is 2. The molecular formula is C20H17BrCl2N4OS. The van der Waals surface area contributed by atoms with Gasteiger partial charge in [-0.3, -0.25) is 4.79 Å². The molecule has 3 aromatic rings. The maximum atomic E-state index is 12.4. The third kappa shape index (κ3) is 3.34. The van der Waals surface area contributed by atoms with Gasteiger partial charge in [0.05, 0.1) is 25.1 Å². The second-order valence-electron chi connectivity index (χ2n) is 7.29. The number of benzene rings is 1. The van der Waals surface area contributed by atoms with Gasteiger partial charge in [0.1, 0.15) is 11.2 Å². The smallest absolute Gasteiger partial charge is 0.273 e. The second-order valence-corrected chi connectivity index (χ2v) is 10.6. The van der Waals surface area contributed by atoms with Crippen LogP contribution in [0, 0.1) is 6.92 Å². The van der Waals surface area contributed by atoms with E-state index in [1.807, 2.05) is 50.9 Å². The van der Waals surface area contributed by atoms with Crippen LogP contribution in [0.25, 0.3) is 16.3 Å². The Morgan fingerprint density at radius 3 is 2.45 bits per heavy atom. The van der Waals surface area contributed by atoms with E-state index < -0.39 is 5.54 Å². The van der Waals surface area contributed by atoms with E-state index in [4.69, 9.17) is 28.3 Å². The lowest BCUT2D eigenvalue weighted by atomic mass is 10.0. The molecule has 5 nitrogen and oxygen atoms in total. The van der Waals surface area contributed by atoms with E-state index in [2.05, 4.69) is 20.9 Å². The van der Waals surface area contributed by atoms with Crippen LogP contribution in [0.1, 0.15) is 25.1 Å². The molecule has 0 unspecified atom stereocenters. The molecule has 1 amide bonds. The fourth-order valence-corrected chi connectivity index (χ4v) is 5.16. The van der Waals surface area contributed by atoms with Crippen LogP contribution < -0.4 is 0 Å². The number of rotatable bonds is 3. The molecule has 0 aliphatic carbocycles. The van der Waals surface area contributed by atoms with Crippen molar-refractivity contribution in [2.24, 2.45) is 4.99 Å². The molecule has 2 aromatic heterocycles. The molecule has 9 heteroatoms. The number of aliphatic imine (C=N–C) groups is 1. The summed E-state index contributed by atoms with van der Waals surface area (Å²) in [6, 6.07) is 9.32. The lowest BCUT2D eigenvalue weighted by molar-refractivity contribution is -0.123. The van der Waals surface area contributed by atoms with E-state index in [0.717, 1.165) is 19.9 Å². The lowest BCUT2D eigenvalue weighted by Crippen LogP contribution is -2.44. The summed E-state index contributed by atoms with van der Waals surface area (Å²) in [6.07, 6.45) is 0. The van der Waals surface area contributed by atoms with Crippen LogP contribution in [0.2, 0.25) is 10.0 Å². The average Bonchev–Trinajstić information content (AvgIpc) is 3.26. The van der Waals surface area contributed by atoms with Crippen molar-refractivity contribution in [1.29, 1.82) is 0 Å². The normalized spacial score (nSPS) is 15.9. The van der Waals surface area contributed by atoms with Crippen LogP contribution in [-0.2, 0) is 4.79 Å². The fraction of sp³-hybridized carbons (Fsp3) is 0.250. The Bertz CT molecular complexity index is 1180. The Hall–Kier alpha value is -1.67. The lowest BCUT2D eigenvalue weighted by Gasteiger charge is -2.27. The molecule has 0 atom stereocenters. The summed E-state index contributed by atoms with van der Waals surface area (Å²) in [6.45, 7) is 5.69. The number of halogens is 3. The van der Waals surface area contributed by atoms with E-state index in [1.54, 1.807) is 28.2 Å². The Morgan fingerprint density at radius 2 is 1.90 bits per heavy atom. The zero-order valence-electron chi connectivity index (χ0n) is 16.1. The standard InChI is InChI=1S/C20H17BrCl2N4OS/c1-10-16(18-24-19(28)20(2,3)26(18)4)25-27(13-6-5-11(22)9-12(13)23)17(10)14-7-8-15(21)29-14/h5-9H,1-4H3. The van der Waals surface area contributed by atoms with Gasteiger partial charge in [0, 0.05) is 17.6 Å². The van der Waals surface area contributed by atoms with Gasteiger partial charge >= 0.3 is 0 Å². The van der Waals surface area contributed by atoms with Gasteiger partial charge in [0.15, 0.2) is 5.84 Å². The number of hydrogen-bond donors (Lipinski definition) is 0. The molecule has 0 spiro atoms. The quantitative estimate of drug-likeness (QED) is 0.434. The highest BCUT2D eigenvalue weighted by Gasteiger charge is 2.42. The summed E-state index contributed by atoms with van der Waals surface area (Å²) in [5, 5.41) is 5.88. The zero-order chi connectivity index (χ0) is 21.1. The zero-order valence-corrected chi connectivity index (χ0v) is 20.0. The fourth-order valence-electron chi connectivity index (χ4n) is 3.19. The van der Waals surface area contributed by atoms with Crippen molar-refractivity contribution in [3.63, 3.8) is 0 Å². The van der Waals surface area contributed by atoms with E-state index >= 15 is 0 Å². The highest BCUT2D eigenvalue weighted by Crippen LogP contribution is 2.38. The van der Waals surface area contributed by atoms with Gasteiger partial charge in [-0.15, -0.1) is 11.3 Å². The van der Waals surface area contributed by atoms with Gasteiger partial charge in [-0.25, -0.2) is 4.68 Å². The van der Waals surface area contributed by atoms with Crippen molar-refractivity contribution in [2.45, 2.75) is 26.3 Å². The summed E-state index contributed by atoms with van der Waals surface area (Å²) in [5.41, 5.74) is 2.46. The Labute approximate surface area is 191 Å². The number of amides is 1. The van der Waals surface area contributed by atoms with Crippen molar-refractivity contribution in [1.82, 2.24) is 14.7 Å². The van der Waals surface area contributed by atoms with Crippen molar-refractivity contribution in [3.8, 4) is 16.3 Å². The first-order valence-electron chi connectivity index (χ1n) is 8.79. The van der Waals surface area contributed by atoms with Gasteiger partial charge in [0.2, 0.25) is 0 Å². The predicted molar refractivity (Wildman–Crippen MR) is 123 cm³/mol. The van der Waals surface area contributed by atoms with Crippen LogP contribution in [0.3, 0.4) is 0 Å². The van der Waals surface area contributed by atoms with Crippen LogP contribution in [0.4, 0.5) is 0 Å². The molecule has 0 saturated heterocycles. The number of carbonyl (C=O) groups excluding carboxylic acids is 1. The molecule has 1 aliphatic heterocycles. The molecule has 150 valence electrons. The third-order valence-electron chi connectivity index (χ3n) is 5.17. The van der Waals surface area contributed by atoms with Crippen molar-refractivity contribution in [2.75, 3.05) is 7.05 Å². The predicted octanol–water partition coefficient (Wildman–Crippen LogP) is 5.98. The Morgan fingerprint density at radius 1 is 1.17 bits per heavy atom. The maximum absolute atomic E-state index is 12.4. The van der Waals surface area contributed by atoms with Gasteiger partial charge < -0.3 is 4.90 Å². The van der Waals surface area contributed by atoms with Gasteiger partial charge in [-0.2, -0.15) is 10.1 Å². The summed E-state index contributed by atoms with van der Waals surface area (Å²) in [7, 11) is 1.86. The van der Waals surface area contributed by atoms with Crippen LogP contribution >= 0.6 is 50.5 Å². The number of nitrogens with zero attached hydrogens (tertiary/aromatic N) is 4. The maximum Gasteiger partial charge on any atom is 0.273 e. The first-order valence-corrected chi connectivity index (χ1v) is 11.2. The molecule has 4 rings (SSSR count). The minimum atomic E-state index is -0.713. The topological polar surface area (TPSA) is 50.5 Å². The molecular weight excluding hydrogens is 495 g/mol. The van der Waals surface area contributed by atoms with Crippen LogP contribution in [0.15, 0.2) is 39.1 Å². The summed E-state index contributed by atoms with van der Waals surface area (Å²) in [4.78, 5) is 19.6. The molecule has 0 saturated carbocycles. The van der Waals surface area contributed by atoms with Crippen molar-refractivity contribution in [3.05, 3.63) is 55.4 Å². The molecule has 29 heavy (non-hydrogen) atoms. The van der Waals surface area contributed by atoms with Gasteiger partial charge in [0.25, 0.3) is 5.91 Å². The van der Waals surface area contributed by atoms with E-state index in [9.17, 15) is 4.79 Å². The highest BCUT2D eigenvalue weighted by atomic mass is 79.9. The minimum Gasteiger partial charge on any atom is -0.343 e. The van der Waals surface area contributed by atoms with Crippen molar-refractivity contribution < 1.29 is 4.79 Å². The van der Waals surface area contributed by atoms with Gasteiger partial charge in [-0.05, 0) is 67.0 Å². The molecule has 1 aliphatic rings. The van der Waals surface area contributed by atoms with Crippen LogP contribution in [-0.4, -0.2) is 39.0 Å². The molecule has 3 heterocycles. The first kappa shape index (κ1) is 20.6. The van der Waals surface area contributed by atoms with E-state index in [1.165, 1.54) is 0 Å². The Balaban J connectivity index is 1.98.